The fourth-order valence-electron chi connectivity index (χ4n) is 3.18. The number of carbonyl (C=O) groups excluding carboxylic acids is 1. The Morgan fingerprint density at radius 3 is 2.54 bits per heavy atom. The molecule has 0 spiro atoms. The van der Waals surface area contributed by atoms with Gasteiger partial charge in [0, 0.05) is 45.1 Å². The molecule has 142 valence electrons. The molecule has 0 unspecified atom stereocenters. The van der Waals surface area contributed by atoms with Crippen LogP contribution in [0.2, 0.25) is 0 Å². The minimum absolute atomic E-state index is 0.220. The summed E-state index contributed by atoms with van der Waals surface area (Å²) in [4.78, 5) is 16.1. The first-order valence-corrected chi connectivity index (χ1v) is 9.45. The van der Waals surface area contributed by atoms with Gasteiger partial charge in [-0.3, -0.25) is 4.90 Å². The molecule has 1 aromatic carbocycles. The van der Waals surface area contributed by atoms with Crippen LogP contribution in [0.4, 0.5) is 4.79 Å². The Hall–Kier alpha value is -2.01. The fraction of sp³-hybridized carbons (Fsp3) is 0.571. The zero-order valence-corrected chi connectivity index (χ0v) is 16.1. The average Bonchev–Trinajstić information content (AvgIpc) is 2.54. The van der Waals surface area contributed by atoms with Crippen LogP contribution in [0.5, 0.6) is 0 Å². The SMILES string of the molecule is CC(C)(C)OC(=O)N1CC(COC2=CCN(Cc3ccccc3)CC2)C1. The number of likely N-dealkylation sites (tertiary alicyclic amines) is 1. The zero-order valence-electron chi connectivity index (χ0n) is 16.1. The highest BCUT2D eigenvalue weighted by molar-refractivity contribution is 5.69. The van der Waals surface area contributed by atoms with E-state index in [9.17, 15) is 4.79 Å². The summed E-state index contributed by atoms with van der Waals surface area (Å²) in [5, 5.41) is 0. The second-order valence-corrected chi connectivity index (χ2v) is 8.20. The summed E-state index contributed by atoms with van der Waals surface area (Å²) in [7, 11) is 0. The molecule has 0 aromatic heterocycles. The van der Waals surface area contributed by atoms with Crippen molar-refractivity contribution < 1.29 is 14.3 Å². The Morgan fingerprint density at radius 1 is 1.19 bits per heavy atom. The third kappa shape index (κ3) is 5.49. The molecule has 5 nitrogen and oxygen atoms in total. The van der Waals surface area contributed by atoms with Gasteiger partial charge >= 0.3 is 6.09 Å². The standard InChI is InChI=1S/C21H30N2O3/c1-21(2,3)26-20(24)23-14-18(15-23)16-25-19-9-11-22(12-10-19)13-17-7-5-4-6-8-17/h4-9,18H,10-16H2,1-3H3. The first-order chi connectivity index (χ1) is 12.4. The van der Waals surface area contributed by atoms with Gasteiger partial charge in [-0.1, -0.05) is 30.3 Å². The summed E-state index contributed by atoms with van der Waals surface area (Å²) in [5.41, 5.74) is 0.916. The van der Waals surface area contributed by atoms with E-state index >= 15 is 0 Å². The van der Waals surface area contributed by atoms with E-state index in [2.05, 4.69) is 41.3 Å². The van der Waals surface area contributed by atoms with Crippen LogP contribution in [0, 0.1) is 5.92 Å². The van der Waals surface area contributed by atoms with Crippen molar-refractivity contribution in [1.29, 1.82) is 0 Å². The minimum atomic E-state index is -0.433. The van der Waals surface area contributed by atoms with Crippen molar-refractivity contribution in [2.75, 3.05) is 32.8 Å². The number of benzene rings is 1. The van der Waals surface area contributed by atoms with Gasteiger partial charge in [0.25, 0.3) is 0 Å². The highest BCUT2D eigenvalue weighted by Gasteiger charge is 2.34. The van der Waals surface area contributed by atoms with Crippen molar-refractivity contribution in [2.45, 2.75) is 39.3 Å². The van der Waals surface area contributed by atoms with Crippen LogP contribution in [0.15, 0.2) is 42.2 Å². The molecular weight excluding hydrogens is 328 g/mol. The highest BCUT2D eigenvalue weighted by Crippen LogP contribution is 2.22. The zero-order chi connectivity index (χ0) is 18.6. The quantitative estimate of drug-likeness (QED) is 0.806. The molecule has 1 aromatic rings. The minimum Gasteiger partial charge on any atom is -0.498 e. The highest BCUT2D eigenvalue weighted by atomic mass is 16.6. The lowest BCUT2D eigenvalue weighted by molar-refractivity contribution is -0.0141. The topological polar surface area (TPSA) is 42.0 Å². The Morgan fingerprint density at radius 2 is 1.92 bits per heavy atom. The number of nitrogens with zero attached hydrogens (tertiary/aromatic N) is 2. The lowest BCUT2D eigenvalue weighted by atomic mass is 10.0. The lowest BCUT2D eigenvalue weighted by Gasteiger charge is -2.39. The normalized spacial score (nSPS) is 18.9. The van der Waals surface area contributed by atoms with E-state index < -0.39 is 5.60 Å². The van der Waals surface area contributed by atoms with Gasteiger partial charge in [-0.25, -0.2) is 4.79 Å². The van der Waals surface area contributed by atoms with Gasteiger partial charge in [0.2, 0.25) is 0 Å². The van der Waals surface area contributed by atoms with Crippen LogP contribution in [0.1, 0.15) is 32.8 Å². The van der Waals surface area contributed by atoms with Gasteiger partial charge in [0.15, 0.2) is 0 Å². The van der Waals surface area contributed by atoms with Gasteiger partial charge in [-0.15, -0.1) is 0 Å². The van der Waals surface area contributed by atoms with Crippen LogP contribution in [0.3, 0.4) is 0 Å². The third-order valence-electron chi connectivity index (χ3n) is 4.61. The van der Waals surface area contributed by atoms with Gasteiger partial charge in [0.1, 0.15) is 5.60 Å². The van der Waals surface area contributed by atoms with Gasteiger partial charge in [0.05, 0.1) is 12.4 Å². The molecule has 2 aliphatic rings. The van der Waals surface area contributed by atoms with E-state index in [-0.39, 0.29) is 6.09 Å². The molecule has 26 heavy (non-hydrogen) atoms. The molecule has 0 saturated carbocycles. The summed E-state index contributed by atoms with van der Waals surface area (Å²) in [5.74, 6) is 1.50. The predicted octanol–water partition coefficient (Wildman–Crippen LogP) is 3.66. The van der Waals surface area contributed by atoms with Crippen molar-refractivity contribution in [3.8, 4) is 0 Å². The molecule has 3 rings (SSSR count). The summed E-state index contributed by atoms with van der Waals surface area (Å²) < 4.78 is 11.3. The van der Waals surface area contributed by atoms with Crippen molar-refractivity contribution in [2.24, 2.45) is 5.92 Å². The van der Waals surface area contributed by atoms with Crippen molar-refractivity contribution in [3.63, 3.8) is 0 Å². The lowest BCUT2D eigenvalue weighted by Crippen LogP contribution is -2.53. The molecule has 0 bridgehead atoms. The second-order valence-electron chi connectivity index (χ2n) is 8.20. The number of ether oxygens (including phenoxy) is 2. The van der Waals surface area contributed by atoms with Crippen LogP contribution in [-0.2, 0) is 16.0 Å². The summed E-state index contributed by atoms with van der Waals surface area (Å²) in [6.45, 7) is 10.7. The molecule has 5 heteroatoms. The molecule has 0 N–H and O–H groups in total. The first-order valence-electron chi connectivity index (χ1n) is 9.45. The Labute approximate surface area is 156 Å². The third-order valence-corrected chi connectivity index (χ3v) is 4.61. The van der Waals surface area contributed by atoms with Crippen LogP contribution in [0.25, 0.3) is 0 Å². The summed E-state index contributed by atoms with van der Waals surface area (Å²) in [6.07, 6.45) is 2.92. The molecule has 2 aliphatic heterocycles. The van der Waals surface area contributed by atoms with Crippen molar-refractivity contribution in [3.05, 3.63) is 47.7 Å². The molecule has 1 amide bonds. The van der Waals surface area contributed by atoms with Crippen LogP contribution < -0.4 is 0 Å². The molecule has 1 saturated heterocycles. The molecule has 1 fully saturated rings. The van der Waals surface area contributed by atoms with Crippen molar-refractivity contribution >= 4 is 6.09 Å². The van der Waals surface area contributed by atoms with E-state index in [1.54, 1.807) is 4.90 Å². The maximum absolute atomic E-state index is 11.9. The van der Waals surface area contributed by atoms with E-state index in [4.69, 9.17) is 9.47 Å². The largest absolute Gasteiger partial charge is 0.498 e. The Bertz CT molecular complexity index is 630. The van der Waals surface area contributed by atoms with E-state index in [0.717, 1.165) is 44.9 Å². The number of carbonyl (C=O) groups is 1. The number of amides is 1. The summed E-state index contributed by atoms with van der Waals surface area (Å²) in [6, 6.07) is 10.6. The molecule has 0 radical (unpaired) electrons. The maximum atomic E-state index is 11.9. The fourth-order valence-corrected chi connectivity index (χ4v) is 3.18. The summed E-state index contributed by atoms with van der Waals surface area (Å²) >= 11 is 0. The van der Waals surface area contributed by atoms with E-state index in [0.29, 0.717) is 12.5 Å². The smallest absolute Gasteiger partial charge is 0.410 e. The van der Waals surface area contributed by atoms with Gasteiger partial charge in [-0.2, -0.15) is 0 Å². The van der Waals surface area contributed by atoms with Crippen LogP contribution >= 0.6 is 0 Å². The van der Waals surface area contributed by atoms with Gasteiger partial charge < -0.3 is 14.4 Å². The monoisotopic (exact) mass is 358 g/mol. The van der Waals surface area contributed by atoms with E-state index in [1.807, 2.05) is 20.8 Å². The number of rotatable bonds is 5. The molecule has 2 heterocycles. The second kappa shape index (κ2) is 8.12. The average molecular weight is 358 g/mol. The molecule has 0 aliphatic carbocycles. The van der Waals surface area contributed by atoms with Crippen LogP contribution in [-0.4, -0.2) is 54.3 Å². The predicted molar refractivity (Wildman–Crippen MR) is 102 cm³/mol. The maximum Gasteiger partial charge on any atom is 0.410 e. The van der Waals surface area contributed by atoms with Crippen molar-refractivity contribution in [1.82, 2.24) is 9.80 Å². The van der Waals surface area contributed by atoms with Gasteiger partial charge in [-0.05, 0) is 32.4 Å². The number of hydrogen-bond acceptors (Lipinski definition) is 4. The molecule has 0 atom stereocenters. The first kappa shape index (κ1) is 18.8. The van der Waals surface area contributed by atoms with E-state index in [1.165, 1.54) is 5.56 Å². The Kier molecular flexibility index (Phi) is 5.87. The Balaban J connectivity index is 1.34. The molecular formula is C21H30N2O3. The number of hydrogen-bond donors (Lipinski definition) is 0.